The minimum Gasteiger partial charge on any atom is -1.00 e. The predicted octanol–water partition coefficient (Wildman–Crippen LogP) is -2.53. The van der Waals surface area contributed by atoms with Crippen LogP contribution in [-0.4, -0.2) is 13.0 Å². The number of hydroxylamine groups is 1. The molecule has 0 aliphatic heterocycles. The summed E-state index contributed by atoms with van der Waals surface area (Å²) in [6.07, 6.45) is 0. The van der Waals surface area contributed by atoms with Crippen molar-refractivity contribution in [2.45, 2.75) is 6.92 Å². The molecule has 0 heterocycles. The van der Waals surface area contributed by atoms with Gasteiger partial charge in [0.2, 0.25) is 5.91 Å². The van der Waals surface area contributed by atoms with Gasteiger partial charge in [0.25, 0.3) is 0 Å². The standard InChI is InChI=1S/C3H6NO4P.Na.H/c1-3(5)4-8-9(6)7-2;;/h1-2H3;;/q;+1;-1/p+1. The van der Waals surface area contributed by atoms with Gasteiger partial charge >= 0.3 is 37.8 Å². The van der Waals surface area contributed by atoms with Crippen LogP contribution < -0.4 is 35.0 Å². The van der Waals surface area contributed by atoms with Crippen LogP contribution in [0.15, 0.2) is 0 Å². The van der Waals surface area contributed by atoms with E-state index in [9.17, 15) is 9.36 Å². The minimum absolute atomic E-state index is 0. The van der Waals surface area contributed by atoms with Crippen molar-refractivity contribution in [3.8, 4) is 0 Å². The monoisotopic (exact) mass is 176 g/mol. The maximum atomic E-state index is 10.2. The van der Waals surface area contributed by atoms with Crippen LogP contribution in [0, 0.1) is 0 Å². The fourth-order valence-corrected chi connectivity index (χ4v) is 0.416. The Morgan fingerprint density at radius 1 is 1.70 bits per heavy atom. The molecule has 1 atom stereocenters. The van der Waals surface area contributed by atoms with E-state index in [4.69, 9.17) is 0 Å². The van der Waals surface area contributed by atoms with Crippen LogP contribution in [0.1, 0.15) is 8.35 Å². The molecule has 0 bridgehead atoms. The van der Waals surface area contributed by atoms with Gasteiger partial charge in [0.05, 0.1) is 7.11 Å². The normalized spacial score (nSPS) is 9.60. The third-order valence-corrected chi connectivity index (χ3v) is 0.951. The summed E-state index contributed by atoms with van der Waals surface area (Å²) in [5, 5.41) is 0. The molecule has 10 heavy (non-hydrogen) atoms. The van der Waals surface area contributed by atoms with Crippen LogP contribution in [0.4, 0.5) is 0 Å². The zero-order valence-electron chi connectivity index (χ0n) is 7.08. The Morgan fingerprint density at radius 3 is 2.50 bits per heavy atom. The van der Waals surface area contributed by atoms with Crippen molar-refractivity contribution >= 4 is 14.2 Å². The molecule has 0 aromatic rings. The van der Waals surface area contributed by atoms with Crippen LogP contribution in [0.2, 0.25) is 0 Å². The van der Waals surface area contributed by atoms with Gasteiger partial charge in [0.1, 0.15) is 0 Å². The summed E-state index contributed by atoms with van der Waals surface area (Å²) in [5.74, 6) is -0.421. The predicted molar refractivity (Wildman–Crippen MR) is 30.6 cm³/mol. The molecule has 0 aromatic carbocycles. The molecule has 54 valence electrons. The second kappa shape index (κ2) is 7.60. The quantitative estimate of drug-likeness (QED) is 0.292. The first-order valence-electron chi connectivity index (χ1n) is 2.11. The van der Waals surface area contributed by atoms with Gasteiger partial charge in [-0.1, -0.05) is 0 Å². The summed E-state index contributed by atoms with van der Waals surface area (Å²) < 4.78 is 18.5. The Morgan fingerprint density at radius 2 is 2.20 bits per heavy atom. The summed E-state index contributed by atoms with van der Waals surface area (Å²) >= 11 is 0. The average molecular weight is 176 g/mol. The number of carbonyl (C=O) groups excluding carboxylic acids is 1. The SMILES string of the molecule is CO[P+](=O)ONC(C)=O.[H-].[Na+]. The van der Waals surface area contributed by atoms with Gasteiger partial charge in [-0.15, -0.1) is 4.52 Å². The molecule has 0 aromatic heterocycles. The molecule has 0 aliphatic rings. The fraction of sp³-hybridized carbons (Fsp3) is 0.667. The number of amides is 1. The Labute approximate surface area is 83.1 Å². The molecule has 0 saturated carbocycles. The Kier molecular flexibility index (Phi) is 9.96. The fourth-order valence-electron chi connectivity index (χ4n) is 0.139. The molecule has 5 nitrogen and oxygen atoms in total. The average Bonchev–Trinajstić information content (AvgIpc) is 1.83. The first-order chi connectivity index (χ1) is 4.16. The van der Waals surface area contributed by atoms with E-state index in [1.54, 1.807) is 0 Å². The van der Waals surface area contributed by atoms with E-state index in [1.807, 2.05) is 5.48 Å². The van der Waals surface area contributed by atoms with Gasteiger partial charge in [0, 0.05) is 16.1 Å². The number of carbonyl (C=O) groups is 1. The topological polar surface area (TPSA) is 64.6 Å². The number of hydrogen-bond donors (Lipinski definition) is 1. The zero-order chi connectivity index (χ0) is 7.28. The number of nitrogens with one attached hydrogen (secondary N) is 1. The van der Waals surface area contributed by atoms with Gasteiger partial charge in [-0.2, -0.15) is 5.48 Å². The van der Waals surface area contributed by atoms with Gasteiger partial charge in [-0.3, -0.25) is 4.79 Å². The van der Waals surface area contributed by atoms with Crippen LogP contribution >= 0.6 is 8.25 Å². The smallest absolute Gasteiger partial charge is 1.00 e. The number of hydrogen-bond acceptors (Lipinski definition) is 4. The molecule has 0 aliphatic carbocycles. The Hall–Kier alpha value is 0.490. The second-order valence-electron chi connectivity index (χ2n) is 1.16. The van der Waals surface area contributed by atoms with E-state index in [1.165, 1.54) is 14.0 Å². The number of rotatable bonds is 3. The van der Waals surface area contributed by atoms with Crippen molar-refractivity contribution in [2.75, 3.05) is 7.11 Å². The summed E-state index contributed by atoms with van der Waals surface area (Å²) in [6, 6.07) is 0. The molecule has 0 fully saturated rings. The van der Waals surface area contributed by atoms with E-state index in [2.05, 4.69) is 9.15 Å². The van der Waals surface area contributed by atoms with Gasteiger partial charge < -0.3 is 1.43 Å². The second-order valence-corrected chi connectivity index (χ2v) is 2.15. The van der Waals surface area contributed by atoms with Crippen molar-refractivity contribution in [1.82, 2.24) is 5.48 Å². The van der Waals surface area contributed by atoms with Crippen LogP contribution in [0.25, 0.3) is 0 Å². The molecular weight excluding hydrogens is 168 g/mol. The van der Waals surface area contributed by atoms with E-state index in [0.29, 0.717) is 0 Å². The van der Waals surface area contributed by atoms with Crippen molar-refractivity contribution in [3.63, 3.8) is 0 Å². The summed E-state index contributed by atoms with van der Waals surface area (Å²) in [5.41, 5.74) is 1.85. The third-order valence-electron chi connectivity index (χ3n) is 0.413. The molecule has 1 amide bonds. The van der Waals surface area contributed by atoms with Crippen molar-refractivity contribution in [3.05, 3.63) is 0 Å². The Balaban J connectivity index is -0.000000320. The van der Waals surface area contributed by atoms with E-state index >= 15 is 0 Å². The van der Waals surface area contributed by atoms with Crippen molar-refractivity contribution < 1.29 is 49.5 Å². The third kappa shape index (κ3) is 8.49. The Bertz CT molecular complexity index is 135. The molecule has 0 spiro atoms. The first-order valence-corrected chi connectivity index (χ1v) is 3.21. The van der Waals surface area contributed by atoms with Gasteiger partial charge in [-0.25, -0.2) is 0 Å². The molecule has 0 saturated heterocycles. The largest absolute Gasteiger partial charge is 1.00 e. The molecule has 7 heteroatoms. The molecular formula is C3H8NNaO4P+. The van der Waals surface area contributed by atoms with E-state index < -0.39 is 14.2 Å². The van der Waals surface area contributed by atoms with Crippen LogP contribution in [-0.2, 0) is 18.5 Å². The van der Waals surface area contributed by atoms with Crippen LogP contribution in [0.3, 0.4) is 0 Å². The minimum atomic E-state index is -2.19. The van der Waals surface area contributed by atoms with E-state index in [-0.39, 0.29) is 31.0 Å². The van der Waals surface area contributed by atoms with E-state index in [0.717, 1.165) is 0 Å². The zero-order valence-corrected chi connectivity index (χ0v) is 8.97. The van der Waals surface area contributed by atoms with Gasteiger partial charge in [-0.05, 0) is 0 Å². The summed E-state index contributed by atoms with van der Waals surface area (Å²) in [7, 11) is -0.984. The van der Waals surface area contributed by atoms with Crippen molar-refractivity contribution in [1.29, 1.82) is 0 Å². The molecule has 0 rings (SSSR count). The van der Waals surface area contributed by atoms with Crippen molar-refractivity contribution in [2.24, 2.45) is 0 Å². The molecule has 1 N–H and O–H groups in total. The maximum absolute atomic E-state index is 10.2. The molecule has 1 unspecified atom stereocenters. The summed E-state index contributed by atoms with van der Waals surface area (Å²) in [6.45, 7) is 1.23. The van der Waals surface area contributed by atoms with Gasteiger partial charge in [0.15, 0.2) is 0 Å². The maximum Gasteiger partial charge on any atom is 1.00 e. The molecule has 0 radical (unpaired) electrons. The first kappa shape index (κ1) is 13.1. The summed E-state index contributed by atoms with van der Waals surface area (Å²) in [4.78, 5) is 10.0. The van der Waals surface area contributed by atoms with Crippen LogP contribution in [0.5, 0.6) is 0 Å².